The second kappa shape index (κ2) is 3.79. The summed E-state index contributed by atoms with van der Waals surface area (Å²) in [5.41, 5.74) is 1.24. The van der Waals surface area contributed by atoms with E-state index in [1.165, 1.54) is 10.4 Å². The largest absolute Gasteiger partial charge is 0.334 e. The third-order valence-electron chi connectivity index (χ3n) is 1.76. The zero-order valence-corrected chi connectivity index (χ0v) is 8.89. The predicted octanol–water partition coefficient (Wildman–Crippen LogP) is 2.36. The molecule has 0 saturated heterocycles. The summed E-state index contributed by atoms with van der Waals surface area (Å²) in [5, 5.41) is 8.87. The number of nitrogens with one attached hydrogen (secondary N) is 1. The highest BCUT2D eigenvalue weighted by Gasteiger charge is 2.01. The van der Waals surface area contributed by atoms with E-state index in [-0.39, 0.29) is 0 Å². The van der Waals surface area contributed by atoms with Gasteiger partial charge >= 0.3 is 6.01 Å². The molecule has 0 fully saturated rings. The standard InChI is InChI=1S/C9H11N3OS/c1-6-3-8(5-14-6)4-10-9-11-7(2)12-13-9/h3,5H,4H2,1-2H3,(H,10,11,12). The zero-order valence-electron chi connectivity index (χ0n) is 8.07. The van der Waals surface area contributed by atoms with E-state index in [4.69, 9.17) is 4.52 Å². The molecule has 0 saturated carbocycles. The van der Waals surface area contributed by atoms with Crippen molar-refractivity contribution in [3.63, 3.8) is 0 Å². The lowest BCUT2D eigenvalue weighted by Gasteiger charge is -1.96. The van der Waals surface area contributed by atoms with Crippen molar-refractivity contribution < 1.29 is 4.52 Å². The molecule has 0 aliphatic rings. The molecule has 0 amide bonds. The Hall–Kier alpha value is -1.36. The van der Waals surface area contributed by atoms with Crippen LogP contribution in [0.5, 0.6) is 0 Å². The molecule has 0 aliphatic heterocycles. The maximum absolute atomic E-state index is 4.92. The molecule has 0 spiro atoms. The van der Waals surface area contributed by atoms with E-state index < -0.39 is 0 Å². The summed E-state index contributed by atoms with van der Waals surface area (Å²) in [6.45, 7) is 4.61. The lowest BCUT2D eigenvalue weighted by molar-refractivity contribution is 0.425. The van der Waals surface area contributed by atoms with Gasteiger partial charge < -0.3 is 9.84 Å². The fourth-order valence-corrected chi connectivity index (χ4v) is 1.85. The van der Waals surface area contributed by atoms with E-state index in [2.05, 4.69) is 33.8 Å². The van der Waals surface area contributed by atoms with E-state index in [1.807, 2.05) is 0 Å². The van der Waals surface area contributed by atoms with Gasteiger partial charge in [0.15, 0.2) is 5.82 Å². The minimum Gasteiger partial charge on any atom is -0.334 e. The Labute approximate surface area is 86.0 Å². The van der Waals surface area contributed by atoms with Gasteiger partial charge in [0.1, 0.15) is 0 Å². The Morgan fingerprint density at radius 2 is 2.36 bits per heavy atom. The molecule has 2 aromatic heterocycles. The molecule has 0 aliphatic carbocycles. The number of aromatic nitrogens is 2. The Kier molecular flexibility index (Phi) is 2.49. The van der Waals surface area contributed by atoms with E-state index in [0.717, 1.165) is 6.54 Å². The SMILES string of the molecule is Cc1noc(NCc2csc(C)c2)n1. The number of nitrogens with zero attached hydrogens (tertiary/aromatic N) is 2. The van der Waals surface area contributed by atoms with E-state index in [0.29, 0.717) is 11.8 Å². The van der Waals surface area contributed by atoms with Gasteiger partial charge in [0, 0.05) is 11.4 Å². The van der Waals surface area contributed by atoms with Crippen molar-refractivity contribution in [1.29, 1.82) is 0 Å². The zero-order chi connectivity index (χ0) is 9.97. The number of thiophene rings is 1. The average molecular weight is 209 g/mol. The van der Waals surface area contributed by atoms with Crippen LogP contribution in [0.25, 0.3) is 0 Å². The van der Waals surface area contributed by atoms with Crippen molar-refractivity contribution in [3.8, 4) is 0 Å². The van der Waals surface area contributed by atoms with Gasteiger partial charge in [-0.05, 0) is 30.9 Å². The van der Waals surface area contributed by atoms with Crippen molar-refractivity contribution >= 4 is 17.4 Å². The van der Waals surface area contributed by atoms with Crippen LogP contribution in [0.1, 0.15) is 16.3 Å². The maximum atomic E-state index is 4.92. The van der Waals surface area contributed by atoms with E-state index in [1.54, 1.807) is 18.3 Å². The third-order valence-corrected chi connectivity index (χ3v) is 2.67. The molecule has 2 heterocycles. The van der Waals surface area contributed by atoms with Crippen LogP contribution in [0, 0.1) is 13.8 Å². The number of rotatable bonds is 3. The molecule has 14 heavy (non-hydrogen) atoms. The molecule has 0 atom stereocenters. The van der Waals surface area contributed by atoms with Gasteiger partial charge in [-0.3, -0.25) is 0 Å². The molecule has 1 N–H and O–H groups in total. The van der Waals surface area contributed by atoms with E-state index >= 15 is 0 Å². The summed E-state index contributed by atoms with van der Waals surface area (Å²) in [6, 6.07) is 2.62. The molecular formula is C9H11N3OS. The summed E-state index contributed by atoms with van der Waals surface area (Å²) in [4.78, 5) is 5.36. The summed E-state index contributed by atoms with van der Waals surface area (Å²) in [7, 11) is 0. The Morgan fingerprint density at radius 1 is 1.50 bits per heavy atom. The first-order chi connectivity index (χ1) is 6.74. The summed E-state index contributed by atoms with van der Waals surface area (Å²) < 4.78 is 4.92. The summed E-state index contributed by atoms with van der Waals surface area (Å²) >= 11 is 1.74. The Bertz CT molecular complexity index is 381. The number of hydrogen-bond acceptors (Lipinski definition) is 5. The normalized spacial score (nSPS) is 10.4. The fraction of sp³-hybridized carbons (Fsp3) is 0.333. The topological polar surface area (TPSA) is 51.0 Å². The Morgan fingerprint density at radius 3 is 2.93 bits per heavy atom. The van der Waals surface area contributed by atoms with Crippen LogP contribution in [0.2, 0.25) is 0 Å². The van der Waals surface area contributed by atoms with Crippen LogP contribution in [0.4, 0.5) is 6.01 Å². The minimum atomic E-state index is 0.478. The van der Waals surface area contributed by atoms with Crippen molar-refractivity contribution in [2.24, 2.45) is 0 Å². The van der Waals surface area contributed by atoms with Gasteiger partial charge in [-0.2, -0.15) is 4.98 Å². The molecule has 2 aromatic rings. The average Bonchev–Trinajstić information content (AvgIpc) is 2.72. The van der Waals surface area contributed by atoms with Crippen LogP contribution in [0.3, 0.4) is 0 Å². The van der Waals surface area contributed by atoms with Gasteiger partial charge in [-0.15, -0.1) is 11.3 Å². The number of hydrogen-bond donors (Lipinski definition) is 1. The van der Waals surface area contributed by atoms with Crippen molar-refractivity contribution in [1.82, 2.24) is 10.1 Å². The first-order valence-corrected chi connectivity index (χ1v) is 5.20. The molecule has 4 nitrogen and oxygen atoms in total. The molecule has 0 bridgehead atoms. The van der Waals surface area contributed by atoms with Gasteiger partial charge in [-0.1, -0.05) is 5.16 Å². The monoisotopic (exact) mass is 209 g/mol. The van der Waals surface area contributed by atoms with Crippen LogP contribution >= 0.6 is 11.3 Å². The molecular weight excluding hydrogens is 198 g/mol. The van der Waals surface area contributed by atoms with Crippen LogP contribution in [-0.2, 0) is 6.54 Å². The second-order valence-corrected chi connectivity index (χ2v) is 4.18. The molecule has 5 heteroatoms. The molecule has 74 valence electrons. The van der Waals surface area contributed by atoms with Gasteiger partial charge in [0.2, 0.25) is 0 Å². The lowest BCUT2D eigenvalue weighted by atomic mass is 10.3. The smallest absolute Gasteiger partial charge is 0.321 e. The highest BCUT2D eigenvalue weighted by atomic mass is 32.1. The van der Waals surface area contributed by atoms with Crippen molar-refractivity contribution in [2.75, 3.05) is 5.32 Å². The first kappa shape index (κ1) is 9.21. The minimum absolute atomic E-state index is 0.478. The lowest BCUT2D eigenvalue weighted by Crippen LogP contribution is -1.97. The number of anilines is 1. The van der Waals surface area contributed by atoms with Crippen LogP contribution in [0.15, 0.2) is 16.0 Å². The van der Waals surface area contributed by atoms with Crippen LogP contribution < -0.4 is 5.32 Å². The molecule has 0 unspecified atom stereocenters. The molecule has 0 aromatic carbocycles. The van der Waals surface area contributed by atoms with Gasteiger partial charge in [0.05, 0.1) is 0 Å². The highest BCUT2D eigenvalue weighted by molar-refractivity contribution is 7.10. The van der Waals surface area contributed by atoms with Crippen LogP contribution in [-0.4, -0.2) is 10.1 Å². The quantitative estimate of drug-likeness (QED) is 0.843. The fourth-order valence-electron chi connectivity index (χ4n) is 1.14. The van der Waals surface area contributed by atoms with Gasteiger partial charge in [-0.25, -0.2) is 0 Å². The highest BCUT2D eigenvalue weighted by Crippen LogP contribution is 2.14. The molecule has 2 rings (SSSR count). The first-order valence-electron chi connectivity index (χ1n) is 4.32. The maximum Gasteiger partial charge on any atom is 0.321 e. The summed E-state index contributed by atoms with van der Waals surface area (Å²) in [6.07, 6.45) is 0. The van der Waals surface area contributed by atoms with Crippen molar-refractivity contribution in [3.05, 3.63) is 27.7 Å². The molecule has 0 radical (unpaired) electrons. The number of aryl methyl sites for hydroxylation is 2. The van der Waals surface area contributed by atoms with Crippen molar-refractivity contribution in [2.45, 2.75) is 20.4 Å². The summed E-state index contributed by atoms with van der Waals surface area (Å²) in [5.74, 6) is 0.647. The second-order valence-electron chi connectivity index (χ2n) is 3.07. The Balaban J connectivity index is 1.94. The van der Waals surface area contributed by atoms with Gasteiger partial charge in [0.25, 0.3) is 0 Å². The third kappa shape index (κ3) is 2.11. The van der Waals surface area contributed by atoms with E-state index in [9.17, 15) is 0 Å². The predicted molar refractivity (Wildman–Crippen MR) is 55.4 cm³/mol.